The highest BCUT2D eigenvalue weighted by atomic mass is 35.5. The van der Waals surface area contributed by atoms with Crippen LogP contribution in [0.15, 0.2) is 109 Å². The Hall–Kier alpha value is -3.58. The van der Waals surface area contributed by atoms with Crippen molar-refractivity contribution in [1.82, 2.24) is 0 Å². The fourth-order valence-electron chi connectivity index (χ4n) is 11.5. The molecule has 0 aromatic heterocycles. The first-order valence-electron chi connectivity index (χ1n) is 18.5. The molecular formula is C44H45ClN2Si2. The van der Waals surface area contributed by atoms with Crippen LogP contribution in [0.5, 0.6) is 0 Å². The molecule has 4 saturated carbocycles. The molecule has 5 aromatic rings. The Morgan fingerprint density at radius 2 is 0.796 bits per heavy atom. The number of hydrogen-bond donors (Lipinski definition) is 0. The van der Waals surface area contributed by atoms with Crippen molar-refractivity contribution >= 4 is 82.6 Å². The molecule has 0 unspecified atom stereocenters. The van der Waals surface area contributed by atoms with Gasteiger partial charge in [0.2, 0.25) is 0 Å². The Labute approximate surface area is 298 Å². The van der Waals surface area contributed by atoms with E-state index in [9.17, 15) is 0 Å². The fourth-order valence-corrected chi connectivity index (χ4v) is 17.8. The largest absolute Gasteiger partial charge is 0.309 e. The first kappa shape index (κ1) is 30.3. The minimum Gasteiger partial charge on any atom is -0.309 e. The minimum absolute atomic E-state index is 0.217. The monoisotopic (exact) mass is 692 g/mol. The van der Waals surface area contributed by atoms with E-state index in [0.717, 1.165) is 34.2 Å². The van der Waals surface area contributed by atoms with E-state index < -0.39 is 16.1 Å². The Kier molecular flexibility index (Phi) is 6.47. The second-order valence-corrected chi connectivity index (χ2v) is 26.0. The molecule has 0 spiro atoms. The van der Waals surface area contributed by atoms with Gasteiger partial charge in [-0.05, 0) is 124 Å². The number of nitrogens with zero attached hydrogens (tertiary/aromatic N) is 2. The van der Waals surface area contributed by atoms with Crippen LogP contribution in [-0.2, 0) is 5.41 Å². The highest BCUT2D eigenvalue weighted by molar-refractivity contribution is 7.03. The van der Waals surface area contributed by atoms with Gasteiger partial charge in [-0.1, -0.05) is 111 Å². The second-order valence-electron chi connectivity index (χ2n) is 17.0. The van der Waals surface area contributed by atoms with Crippen molar-refractivity contribution in [1.29, 1.82) is 0 Å². The van der Waals surface area contributed by atoms with E-state index in [4.69, 9.17) is 11.6 Å². The third-order valence-corrected chi connectivity index (χ3v) is 20.9. The van der Waals surface area contributed by atoms with Crippen molar-refractivity contribution < 1.29 is 0 Å². The van der Waals surface area contributed by atoms with Crippen LogP contribution < -0.4 is 30.5 Å². The molecular weight excluding hydrogens is 648 g/mol. The van der Waals surface area contributed by atoms with Crippen molar-refractivity contribution in [3.63, 3.8) is 0 Å². The van der Waals surface area contributed by atoms with Gasteiger partial charge in [0, 0.05) is 22.7 Å². The lowest BCUT2D eigenvalue weighted by molar-refractivity contribution is -0.00514. The highest BCUT2D eigenvalue weighted by Gasteiger charge is 2.52. The fraction of sp³-hybridized carbons (Fsp3) is 0.318. The molecule has 5 aromatic carbocycles. The maximum atomic E-state index is 8.00. The zero-order valence-corrected chi connectivity index (χ0v) is 31.9. The number of benzene rings is 5. The standard InChI is InChI=1S/C44H45ClN2Si2/c1-48(2)39-17-9-5-13-33(39)46(34-14-6-10-18-40(34)48)37-24-32(44-26-29-21-30(27-44)23-31(22-29)28-44)25-38(43(37)45)47-35-15-7-11-19-41(35)49(3,4)42-20-12-8-16-36(42)47/h5-20,24-25,29-31H,21-23,26-28H2,1-4H3. The first-order valence-corrected chi connectivity index (χ1v) is 24.9. The third kappa shape index (κ3) is 4.23. The van der Waals surface area contributed by atoms with Gasteiger partial charge in [0.15, 0.2) is 0 Å². The quantitative estimate of drug-likeness (QED) is 0.174. The molecule has 0 saturated heterocycles. The summed E-state index contributed by atoms with van der Waals surface area (Å²) in [7, 11) is -3.88. The molecule has 11 rings (SSSR count). The third-order valence-electron chi connectivity index (χ3n) is 13.4. The van der Waals surface area contributed by atoms with Gasteiger partial charge in [-0.25, -0.2) is 0 Å². The molecule has 0 N–H and O–H groups in total. The van der Waals surface area contributed by atoms with E-state index in [1.807, 2.05) is 0 Å². The van der Waals surface area contributed by atoms with Gasteiger partial charge in [-0.15, -0.1) is 0 Å². The molecule has 0 radical (unpaired) electrons. The van der Waals surface area contributed by atoms with Crippen molar-refractivity contribution in [2.24, 2.45) is 17.8 Å². The molecule has 2 nitrogen and oxygen atoms in total. The van der Waals surface area contributed by atoms with Crippen LogP contribution in [0.1, 0.15) is 44.1 Å². The second kappa shape index (κ2) is 10.5. The van der Waals surface area contributed by atoms with Gasteiger partial charge in [0.1, 0.15) is 16.1 Å². The Morgan fingerprint density at radius 3 is 1.12 bits per heavy atom. The number of anilines is 6. The lowest BCUT2D eigenvalue weighted by Crippen LogP contribution is -2.58. The predicted molar refractivity (Wildman–Crippen MR) is 214 cm³/mol. The Morgan fingerprint density at radius 1 is 0.490 bits per heavy atom. The smallest absolute Gasteiger partial charge is 0.117 e. The van der Waals surface area contributed by atoms with Gasteiger partial charge >= 0.3 is 0 Å². The van der Waals surface area contributed by atoms with Gasteiger partial charge in [0.25, 0.3) is 0 Å². The lowest BCUT2D eigenvalue weighted by Gasteiger charge is -2.57. The van der Waals surface area contributed by atoms with Crippen LogP contribution in [0.25, 0.3) is 0 Å². The normalized spacial score (nSPS) is 26.5. The van der Waals surface area contributed by atoms with Crippen LogP contribution in [0.3, 0.4) is 0 Å². The molecule has 4 aliphatic carbocycles. The minimum atomic E-state index is -1.94. The van der Waals surface area contributed by atoms with Gasteiger partial charge in [-0.2, -0.15) is 0 Å². The Balaban J connectivity index is 1.28. The summed E-state index contributed by atoms with van der Waals surface area (Å²) < 4.78 is 0. The molecule has 0 atom stereocenters. The molecule has 6 aliphatic rings. The average molecular weight is 693 g/mol. The summed E-state index contributed by atoms with van der Waals surface area (Å²) in [5.41, 5.74) is 9.16. The summed E-state index contributed by atoms with van der Waals surface area (Å²) in [4.78, 5) is 5.08. The molecule has 0 amide bonds. The summed E-state index contributed by atoms with van der Waals surface area (Å²) in [6, 6.07) is 41.8. The van der Waals surface area contributed by atoms with Crippen LogP contribution in [0.4, 0.5) is 34.1 Å². The highest BCUT2D eigenvalue weighted by Crippen LogP contribution is 2.62. The number of hydrogen-bond acceptors (Lipinski definition) is 2. The summed E-state index contributed by atoms with van der Waals surface area (Å²) >= 11 is 8.00. The zero-order chi connectivity index (χ0) is 33.3. The SMILES string of the molecule is C[Si]1(C)c2ccccc2N(c2cc(C34CC5CC(CC(C5)C3)C4)cc(N3c4ccccc4[Si](C)(C)c4ccccc43)c2Cl)c2ccccc21. The van der Waals surface area contributed by atoms with E-state index in [2.05, 4.69) is 145 Å². The van der Waals surface area contributed by atoms with Gasteiger partial charge < -0.3 is 9.80 Å². The summed E-state index contributed by atoms with van der Waals surface area (Å²) in [6.45, 7) is 10.0. The number of halogens is 1. The van der Waals surface area contributed by atoms with Crippen LogP contribution in [-0.4, -0.2) is 16.1 Å². The van der Waals surface area contributed by atoms with Crippen LogP contribution in [0, 0.1) is 17.8 Å². The van der Waals surface area contributed by atoms with Crippen LogP contribution in [0.2, 0.25) is 31.2 Å². The zero-order valence-electron chi connectivity index (χ0n) is 29.1. The van der Waals surface area contributed by atoms with E-state index in [1.54, 1.807) is 0 Å². The molecule has 5 heteroatoms. The van der Waals surface area contributed by atoms with Crippen molar-refractivity contribution in [2.75, 3.05) is 9.80 Å². The van der Waals surface area contributed by atoms with Crippen molar-refractivity contribution in [3.05, 3.63) is 120 Å². The average Bonchev–Trinajstić information content (AvgIpc) is 3.09. The summed E-state index contributed by atoms with van der Waals surface area (Å²) in [6.07, 6.45) is 8.27. The van der Waals surface area contributed by atoms with E-state index in [-0.39, 0.29) is 5.41 Å². The molecule has 2 heterocycles. The molecule has 4 fully saturated rings. The number of rotatable bonds is 3. The Bertz CT molecular complexity index is 1910. The lowest BCUT2D eigenvalue weighted by atomic mass is 9.48. The van der Waals surface area contributed by atoms with Gasteiger partial charge in [-0.3, -0.25) is 0 Å². The molecule has 49 heavy (non-hydrogen) atoms. The molecule has 2 aliphatic heterocycles. The van der Waals surface area contributed by atoms with E-state index >= 15 is 0 Å². The topological polar surface area (TPSA) is 6.48 Å². The summed E-state index contributed by atoms with van der Waals surface area (Å²) in [5.74, 6) is 2.58. The first-order chi connectivity index (χ1) is 23.7. The van der Waals surface area contributed by atoms with E-state index in [0.29, 0.717) is 0 Å². The maximum absolute atomic E-state index is 8.00. The summed E-state index contributed by atoms with van der Waals surface area (Å²) in [5, 5.41) is 6.76. The maximum Gasteiger partial charge on any atom is 0.117 e. The molecule has 246 valence electrons. The van der Waals surface area contributed by atoms with Crippen LogP contribution >= 0.6 is 11.6 Å². The predicted octanol–water partition coefficient (Wildman–Crippen LogP) is 10.0. The van der Waals surface area contributed by atoms with E-state index in [1.165, 1.54) is 87.6 Å². The van der Waals surface area contributed by atoms with Gasteiger partial charge in [0.05, 0.1) is 16.4 Å². The molecule has 4 bridgehead atoms. The number of fused-ring (bicyclic) bond motifs is 4. The van der Waals surface area contributed by atoms with Crippen molar-refractivity contribution in [2.45, 2.75) is 70.1 Å². The number of para-hydroxylation sites is 4. The van der Waals surface area contributed by atoms with Crippen molar-refractivity contribution in [3.8, 4) is 0 Å².